The Balaban J connectivity index is 1.01. The second kappa shape index (κ2) is 13.8. The van der Waals surface area contributed by atoms with Crippen molar-refractivity contribution < 1.29 is 9.47 Å². The van der Waals surface area contributed by atoms with Gasteiger partial charge < -0.3 is 9.47 Å². The van der Waals surface area contributed by atoms with E-state index in [0.29, 0.717) is 34.7 Å². The van der Waals surface area contributed by atoms with Gasteiger partial charge in [0, 0.05) is 70.1 Å². The van der Waals surface area contributed by atoms with E-state index in [1.807, 2.05) is 91.5 Å². The molecule has 8 heteroatoms. The third-order valence-electron chi connectivity index (χ3n) is 11.2. The number of benzene rings is 5. The van der Waals surface area contributed by atoms with Crippen LogP contribution < -0.4 is 9.47 Å². The van der Waals surface area contributed by atoms with Crippen molar-refractivity contribution in [3.8, 4) is 46.0 Å². The van der Waals surface area contributed by atoms with E-state index in [1.54, 1.807) is 0 Å². The lowest BCUT2D eigenvalue weighted by Crippen LogP contribution is -1.98. The number of para-hydroxylation sites is 2. The fraction of sp³-hybridized carbons (Fsp3) is 0.102. The summed E-state index contributed by atoms with van der Waals surface area (Å²) >= 11 is 0. The number of hydrogen-bond acceptors (Lipinski definition) is 6. The molecule has 5 aromatic carbocycles. The highest BCUT2D eigenvalue weighted by molar-refractivity contribution is 6.10. The average molecular weight is 741 g/mol. The molecule has 8 nitrogen and oxygen atoms in total. The highest BCUT2D eigenvalue weighted by atomic mass is 16.5. The first-order valence-electron chi connectivity index (χ1n) is 19.5. The molecule has 5 heterocycles. The standard InChI is InChI=1S/C49H36N6O2/c1-2-12-32(11-1)34-30-52-49(53-31-34)33-25-37(56-35-19-21-41-39-13-3-5-15-43(39)54(45(41)28-35)47-17-7-9-23-50-47)27-38(26-33)57-36-20-22-42-40-14-4-6-16-44(40)55(46(42)29-36)48-18-8-10-24-51-48/h3-10,13-32H,1-2,11-12H2. The molecule has 0 bridgehead atoms. The first-order chi connectivity index (χ1) is 28.2. The molecule has 0 unspecified atom stereocenters. The molecule has 5 aromatic heterocycles. The van der Waals surface area contributed by atoms with Crippen LogP contribution in [0, 0.1) is 0 Å². The highest BCUT2D eigenvalue weighted by Gasteiger charge is 2.20. The number of nitrogens with zero attached hydrogens (tertiary/aromatic N) is 6. The predicted molar refractivity (Wildman–Crippen MR) is 226 cm³/mol. The molecule has 0 atom stereocenters. The van der Waals surface area contributed by atoms with Crippen LogP contribution in [0.5, 0.6) is 23.0 Å². The molecule has 0 spiro atoms. The molecule has 0 saturated heterocycles. The van der Waals surface area contributed by atoms with Crippen molar-refractivity contribution in [1.82, 2.24) is 29.1 Å². The number of aromatic nitrogens is 6. The zero-order valence-electron chi connectivity index (χ0n) is 31.0. The molecule has 11 rings (SSSR count). The van der Waals surface area contributed by atoms with Gasteiger partial charge in [-0.1, -0.05) is 61.4 Å². The maximum Gasteiger partial charge on any atom is 0.159 e. The fourth-order valence-corrected chi connectivity index (χ4v) is 8.54. The topological polar surface area (TPSA) is 79.9 Å². The Hall–Kier alpha value is -7.32. The Morgan fingerprint density at radius 3 is 1.44 bits per heavy atom. The SMILES string of the molecule is c1ccc(-n2c3ccccc3c3ccc(Oc4cc(Oc5ccc6c7ccccc7n(-c7ccccn7)c6c5)cc(-c5ncc(C6CCCC6)cn5)c4)cc32)nc1. The molecule has 1 aliphatic rings. The second-order valence-corrected chi connectivity index (χ2v) is 14.7. The Morgan fingerprint density at radius 2 is 0.930 bits per heavy atom. The van der Waals surface area contributed by atoms with E-state index >= 15 is 0 Å². The van der Waals surface area contributed by atoms with Gasteiger partial charge >= 0.3 is 0 Å². The van der Waals surface area contributed by atoms with Crippen LogP contribution in [0.15, 0.2) is 164 Å². The minimum Gasteiger partial charge on any atom is -0.457 e. The van der Waals surface area contributed by atoms with Crippen LogP contribution in [0.25, 0.3) is 66.6 Å². The first-order valence-corrected chi connectivity index (χ1v) is 19.5. The highest BCUT2D eigenvalue weighted by Crippen LogP contribution is 2.40. The van der Waals surface area contributed by atoms with E-state index in [9.17, 15) is 0 Å². The lowest BCUT2D eigenvalue weighted by atomic mass is 10.0. The third-order valence-corrected chi connectivity index (χ3v) is 11.2. The Bertz CT molecular complexity index is 2900. The van der Waals surface area contributed by atoms with E-state index in [1.165, 1.54) is 31.2 Å². The summed E-state index contributed by atoms with van der Waals surface area (Å²) < 4.78 is 17.8. The summed E-state index contributed by atoms with van der Waals surface area (Å²) in [6, 6.07) is 47.1. The smallest absolute Gasteiger partial charge is 0.159 e. The molecule has 1 fully saturated rings. The summed E-state index contributed by atoms with van der Waals surface area (Å²) in [5, 5.41) is 4.55. The molecule has 0 amide bonds. The monoisotopic (exact) mass is 740 g/mol. The number of hydrogen-bond donors (Lipinski definition) is 0. The van der Waals surface area contributed by atoms with Crippen LogP contribution >= 0.6 is 0 Å². The van der Waals surface area contributed by atoms with Gasteiger partial charge in [0.05, 0.1) is 22.1 Å². The summed E-state index contributed by atoms with van der Waals surface area (Å²) in [6.45, 7) is 0. The Labute approximate surface area is 328 Å². The molecule has 1 aliphatic carbocycles. The summed E-state index contributed by atoms with van der Waals surface area (Å²) in [4.78, 5) is 19.1. The number of fused-ring (bicyclic) bond motifs is 6. The average Bonchev–Trinajstić information content (AvgIpc) is 4.00. The number of pyridine rings is 2. The van der Waals surface area contributed by atoms with Gasteiger partial charge in [0.15, 0.2) is 5.82 Å². The van der Waals surface area contributed by atoms with Gasteiger partial charge in [-0.25, -0.2) is 19.9 Å². The van der Waals surface area contributed by atoms with Crippen molar-refractivity contribution in [2.75, 3.05) is 0 Å². The van der Waals surface area contributed by atoms with Crippen molar-refractivity contribution >= 4 is 43.6 Å². The van der Waals surface area contributed by atoms with Gasteiger partial charge in [-0.2, -0.15) is 0 Å². The van der Waals surface area contributed by atoms with Crippen LogP contribution in [-0.4, -0.2) is 29.1 Å². The van der Waals surface area contributed by atoms with Crippen molar-refractivity contribution in [3.05, 3.63) is 170 Å². The molecular weight excluding hydrogens is 705 g/mol. The van der Waals surface area contributed by atoms with Crippen LogP contribution in [0.1, 0.15) is 37.2 Å². The number of rotatable bonds is 8. The molecular formula is C49H36N6O2. The van der Waals surface area contributed by atoms with E-state index in [-0.39, 0.29) is 0 Å². The molecule has 0 aliphatic heterocycles. The summed E-state index contributed by atoms with van der Waals surface area (Å²) in [5.41, 5.74) is 6.17. The minimum atomic E-state index is 0.529. The van der Waals surface area contributed by atoms with Crippen LogP contribution in [-0.2, 0) is 0 Å². The molecule has 1 saturated carbocycles. The molecule has 10 aromatic rings. The fourth-order valence-electron chi connectivity index (χ4n) is 8.54. The van der Waals surface area contributed by atoms with Gasteiger partial charge in [0.1, 0.15) is 34.6 Å². The van der Waals surface area contributed by atoms with Gasteiger partial charge in [-0.15, -0.1) is 0 Å². The van der Waals surface area contributed by atoms with Crippen LogP contribution in [0.4, 0.5) is 0 Å². The Kier molecular flexibility index (Phi) is 7.98. The van der Waals surface area contributed by atoms with E-state index in [0.717, 1.165) is 60.8 Å². The number of ether oxygens (including phenoxy) is 2. The zero-order chi connectivity index (χ0) is 37.7. The van der Waals surface area contributed by atoms with Gasteiger partial charge in [-0.3, -0.25) is 9.13 Å². The van der Waals surface area contributed by atoms with E-state index in [4.69, 9.17) is 29.4 Å². The van der Waals surface area contributed by atoms with E-state index < -0.39 is 0 Å². The van der Waals surface area contributed by atoms with Crippen molar-refractivity contribution in [2.24, 2.45) is 0 Å². The maximum absolute atomic E-state index is 6.72. The molecule has 274 valence electrons. The van der Waals surface area contributed by atoms with Crippen LogP contribution in [0.3, 0.4) is 0 Å². The van der Waals surface area contributed by atoms with Gasteiger partial charge in [0.2, 0.25) is 0 Å². The molecule has 57 heavy (non-hydrogen) atoms. The Morgan fingerprint density at radius 1 is 0.439 bits per heavy atom. The summed E-state index contributed by atoms with van der Waals surface area (Å²) in [5.74, 6) is 5.41. The summed E-state index contributed by atoms with van der Waals surface area (Å²) in [7, 11) is 0. The van der Waals surface area contributed by atoms with Crippen molar-refractivity contribution in [2.45, 2.75) is 31.6 Å². The van der Waals surface area contributed by atoms with Gasteiger partial charge in [0.25, 0.3) is 0 Å². The third kappa shape index (κ3) is 5.94. The van der Waals surface area contributed by atoms with Crippen molar-refractivity contribution in [3.63, 3.8) is 0 Å². The van der Waals surface area contributed by atoms with Crippen molar-refractivity contribution in [1.29, 1.82) is 0 Å². The minimum absolute atomic E-state index is 0.529. The quantitative estimate of drug-likeness (QED) is 0.154. The molecule has 0 radical (unpaired) electrons. The second-order valence-electron chi connectivity index (χ2n) is 14.7. The van der Waals surface area contributed by atoms with Crippen LogP contribution in [0.2, 0.25) is 0 Å². The van der Waals surface area contributed by atoms with Gasteiger partial charge in [-0.05, 0) is 97.1 Å². The normalized spacial score (nSPS) is 13.3. The lowest BCUT2D eigenvalue weighted by molar-refractivity contribution is 0.461. The summed E-state index contributed by atoms with van der Waals surface area (Å²) in [6.07, 6.45) is 12.5. The van der Waals surface area contributed by atoms with E-state index in [2.05, 4.69) is 81.9 Å². The first kappa shape index (κ1) is 33.1. The maximum atomic E-state index is 6.72. The molecule has 0 N–H and O–H groups in total. The lowest BCUT2D eigenvalue weighted by Gasteiger charge is -2.14. The largest absolute Gasteiger partial charge is 0.457 e. The predicted octanol–water partition coefficient (Wildman–Crippen LogP) is 12.4. The zero-order valence-corrected chi connectivity index (χ0v) is 31.0.